The fourth-order valence-corrected chi connectivity index (χ4v) is 2.58. The lowest BCUT2D eigenvalue weighted by atomic mass is 10.2. The van der Waals surface area contributed by atoms with Crippen LogP contribution in [0.25, 0.3) is 0 Å². The SMILES string of the molecule is CNCC(C=N)=Nc1ncc(C=N)c(NCc2ccccc2OCC2CC2)n1. The van der Waals surface area contributed by atoms with Crippen molar-refractivity contribution in [3.63, 3.8) is 0 Å². The van der Waals surface area contributed by atoms with E-state index in [-0.39, 0.29) is 5.95 Å². The van der Waals surface area contributed by atoms with Crippen molar-refractivity contribution in [3.8, 4) is 5.75 Å². The molecule has 146 valence electrons. The summed E-state index contributed by atoms with van der Waals surface area (Å²) in [6.07, 6.45) is 6.43. The average Bonchev–Trinajstić information content (AvgIpc) is 3.55. The highest BCUT2D eigenvalue weighted by Crippen LogP contribution is 2.30. The first-order valence-corrected chi connectivity index (χ1v) is 9.28. The summed E-state index contributed by atoms with van der Waals surface area (Å²) >= 11 is 0. The van der Waals surface area contributed by atoms with E-state index in [1.54, 1.807) is 13.2 Å². The maximum Gasteiger partial charge on any atom is 0.251 e. The molecule has 1 saturated carbocycles. The summed E-state index contributed by atoms with van der Waals surface area (Å²) in [5.41, 5.74) is 2.12. The van der Waals surface area contributed by atoms with Gasteiger partial charge in [-0.05, 0) is 31.9 Å². The number of aromatic nitrogens is 2. The first-order valence-electron chi connectivity index (χ1n) is 9.28. The predicted octanol–water partition coefficient (Wildman–Crippen LogP) is 2.82. The lowest BCUT2D eigenvalue weighted by molar-refractivity contribution is 0.297. The molecule has 1 aliphatic carbocycles. The van der Waals surface area contributed by atoms with Crippen molar-refractivity contribution in [1.82, 2.24) is 15.3 Å². The zero-order valence-electron chi connectivity index (χ0n) is 15.9. The van der Waals surface area contributed by atoms with Gasteiger partial charge < -0.3 is 26.2 Å². The summed E-state index contributed by atoms with van der Waals surface area (Å²) in [5, 5.41) is 21.2. The number of hydrogen-bond donors (Lipinski definition) is 4. The summed E-state index contributed by atoms with van der Waals surface area (Å²) in [6.45, 7) is 1.72. The van der Waals surface area contributed by atoms with Gasteiger partial charge in [0.1, 0.15) is 11.6 Å². The van der Waals surface area contributed by atoms with Crippen molar-refractivity contribution < 1.29 is 4.74 Å². The number of hydrogen-bond acceptors (Lipinski definition) is 8. The molecule has 0 saturated heterocycles. The molecule has 1 heterocycles. The summed E-state index contributed by atoms with van der Waals surface area (Å²) in [7, 11) is 1.79. The highest BCUT2D eigenvalue weighted by atomic mass is 16.5. The molecule has 0 amide bonds. The Balaban J connectivity index is 1.75. The van der Waals surface area contributed by atoms with Crippen LogP contribution in [0.1, 0.15) is 24.0 Å². The number of rotatable bonds is 11. The third-order valence-electron chi connectivity index (χ3n) is 4.32. The summed E-state index contributed by atoms with van der Waals surface area (Å²) in [6, 6.07) is 7.93. The molecule has 8 nitrogen and oxygen atoms in total. The Bertz CT molecular complexity index is 861. The zero-order chi connectivity index (χ0) is 19.8. The van der Waals surface area contributed by atoms with E-state index in [1.165, 1.54) is 25.3 Å². The third kappa shape index (κ3) is 5.43. The summed E-state index contributed by atoms with van der Waals surface area (Å²) in [4.78, 5) is 12.9. The fraction of sp³-hybridized carbons (Fsp3) is 0.350. The van der Waals surface area contributed by atoms with Gasteiger partial charge in [0.15, 0.2) is 0 Å². The second-order valence-electron chi connectivity index (χ2n) is 6.61. The maximum absolute atomic E-state index is 7.59. The second-order valence-corrected chi connectivity index (χ2v) is 6.61. The van der Waals surface area contributed by atoms with Gasteiger partial charge in [-0.1, -0.05) is 18.2 Å². The molecule has 4 N–H and O–H groups in total. The van der Waals surface area contributed by atoms with Crippen molar-refractivity contribution in [3.05, 3.63) is 41.6 Å². The molecule has 28 heavy (non-hydrogen) atoms. The highest BCUT2D eigenvalue weighted by molar-refractivity contribution is 6.31. The van der Waals surface area contributed by atoms with E-state index in [9.17, 15) is 0 Å². The van der Waals surface area contributed by atoms with Crippen molar-refractivity contribution in [1.29, 1.82) is 10.8 Å². The minimum absolute atomic E-state index is 0.250. The van der Waals surface area contributed by atoms with Crippen LogP contribution in [0.4, 0.5) is 11.8 Å². The molecule has 1 aliphatic rings. The topological polar surface area (TPSA) is 119 Å². The monoisotopic (exact) mass is 379 g/mol. The van der Waals surface area contributed by atoms with Crippen LogP contribution in [-0.2, 0) is 6.54 Å². The molecule has 0 aliphatic heterocycles. The van der Waals surface area contributed by atoms with Crippen LogP contribution >= 0.6 is 0 Å². The van der Waals surface area contributed by atoms with Gasteiger partial charge in [0.2, 0.25) is 0 Å². The summed E-state index contributed by atoms with van der Waals surface area (Å²) < 4.78 is 5.95. The van der Waals surface area contributed by atoms with Crippen LogP contribution in [0.15, 0.2) is 35.5 Å². The van der Waals surface area contributed by atoms with Gasteiger partial charge in [0, 0.05) is 37.3 Å². The minimum atomic E-state index is 0.250. The number of ether oxygens (including phenoxy) is 1. The van der Waals surface area contributed by atoms with Crippen molar-refractivity contribution >= 4 is 29.9 Å². The largest absolute Gasteiger partial charge is 0.493 e. The van der Waals surface area contributed by atoms with Crippen molar-refractivity contribution in [2.45, 2.75) is 19.4 Å². The Morgan fingerprint density at radius 2 is 2.14 bits per heavy atom. The van der Waals surface area contributed by atoms with Crippen LogP contribution in [0.3, 0.4) is 0 Å². The van der Waals surface area contributed by atoms with Gasteiger partial charge in [0.05, 0.1) is 17.9 Å². The first kappa shape index (κ1) is 19.6. The maximum atomic E-state index is 7.59. The normalized spacial score (nSPS) is 13.8. The molecule has 0 radical (unpaired) electrons. The Hall–Kier alpha value is -3.13. The predicted molar refractivity (Wildman–Crippen MR) is 112 cm³/mol. The minimum Gasteiger partial charge on any atom is -0.493 e. The van der Waals surface area contributed by atoms with E-state index < -0.39 is 0 Å². The second kappa shape index (κ2) is 9.70. The molecule has 3 rings (SSSR count). The van der Waals surface area contributed by atoms with E-state index in [0.29, 0.717) is 36.1 Å². The first-order chi connectivity index (χ1) is 13.7. The lowest BCUT2D eigenvalue weighted by Crippen LogP contribution is -2.19. The number of aliphatic imine (C=N–C) groups is 1. The fourth-order valence-electron chi connectivity index (χ4n) is 2.58. The van der Waals surface area contributed by atoms with E-state index in [4.69, 9.17) is 15.6 Å². The van der Waals surface area contributed by atoms with Crippen molar-refractivity contribution in [2.24, 2.45) is 10.9 Å². The van der Waals surface area contributed by atoms with Gasteiger partial charge in [-0.2, -0.15) is 4.98 Å². The molecule has 0 unspecified atom stereocenters. The third-order valence-corrected chi connectivity index (χ3v) is 4.32. The lowest BCUT2D eigenvalue weighted by Gasteiger charge is -2.13. The van der Waals surface area contributed by atoms with Crippen LogP contribution in [-0.4, -0.2) is 48.3 Å². The Morgan fingerprint density at radius 1 is 1.32 bits per heavy atom. The van der Waals surface area contributed by atoms with E-state index in [2.05, 4.69) is 25.6 Å². The molecule has 2 aromatic rings. The number of nitrogens with one attached hydrogen (secondary N) is 4. The smallest absolute Gasteiger partial charge is 0.251 e. The number of para-hydroxylation sites is 1. The van der Waals surface area contributed by atoms with Gasteiger partial charge in [0.25, 0.3) is 5.95 Å². The number of benzene rings is 1. The standard InChI is InChI=1S/C20H25N7O/c1-23-12-17(9-22)26-20-25-11-16(8-21)19(27-20)24-10-15-4-2-3-5-18(15)28-13-14-6-7-14/h2-5,8-9,11,14,21-23H,6-7,10,12-13H2,1H3,(H,24,25,27). The van der Waals surface area contributed by atoms with Gasteiger partial charge in [-0.15, -0.1) is 0 Å². The highest BCUT2D eigenvalue weighted by Gasteiger charge is 2.22. The number of nitrogens with zero attached hydrogens (tertiary/aromatic N) is 3. The van der Waals surface area contributed by atoms with E-state index in [1.807, 2.05) is 24.3 Å². The van der Waals surface area contributed by atoms with E-state index in [0.717, 1.165) is 17.9 Å². The van der Waals surface area contributed by atoms with Crippen LogP contribution < -0.4 is 15.4 Å². The molecule has 1 aromatic heterocycles. The van der Waals surface area contributed by atoms with Gasteiger partial charge >= 0.3 is 0 Å². The van der Waals surface area contributed by atoms with Crippen LogP contribution in [0.5, 0.6) is 5.75 Å². The Morgan fingerprint density at radius 3 is 2.86 bits per heavy atom. The zero-order valence-corrected chi connectivity index (χ0v) is 15.9. The number of anilines is 1. The molecule has 8 heteroatoms. The molecular weight excluding hydrogens is 354 g/mol. The summed E-state index contributed by atoms with van der Waals surface area (Å²) in [5.74, 6) is 2.33. The molecule has 0 spiro atoms. The van der Waals surface area contributed by atoms with Gasteiger partial charge in [-0.25, -0.2) is 9.98 Å². The molecule has 0 bridgehead atoms. The molecule has 0 atom stereocenters. The molecular formula is C20H25N7O. The van der Waals surface area contributed by atoms with Crippen LogP contribution in [0.2, 0.25) is 0 Å². The van der Waals surface area contributed by atoms with E-state index >= 15 is 0 Å². The average molecular weight is 379 g/mol. The molecule has 1 aromatic carbocycles. The van der Waals surface area contributed by atoms with Crippen LogP contribution in [0, 0.1) is 16.7 Å². The van der Waals surface area contributed by atoms with Crippen molar-refractivity contribution in [2.75, 3.05) is 25.5 Å². The Kier molecular flexibility index (Phi) is 6.80. The van der Waals surface area contributed by atoms with Gasteiger partial charge in [-0.3, -0.25) is 0 Å². The Labute approximate surface area is 164 Å². The molecule has 1 fully saturated rings. The quantitative estimate of drug-likeness (QED) is 0.448.